The first-order valence-corrected chi connectivity index (χ1v) is 9.43. The predicted molar refractivity (Wildman–Crippen MR) is 100 cm³/mol. The number of nitrogens with zero attached hydrogens (tertiary/aromatic N) is 3. The molecule has 1 aliphatic carbocycles. The van der Waals surface area contributed by atoms with Gasteiger partial charge < -0.3 is 10.2 Å². The highest BCUT2D eigenvalue weighted by atomic mass is 16.6. The molecule has 0 unspecified atom stereocenters. The molecule has 1 aromatic carbocycles. The Labute approximate surface area is 162 Å². The second kappa shape index (κ2) is 7.57. The summed E-state index contributed by atoms with van der Waals surface area (Å²) >= 11 is 0. The number of rotatable bonds is 8. The van der Waals surface area contributed by atoms with E-state index in [1.54, 1.807) is 4.90 Å². The number of nitro groups is 1. The lowest BCUT2D eigenvalue weighted by Gasteiger charge is -2.25. The molecule has 3 rings (SSSR count). The lowest BCUT2D eigenvalue weighted by atomic mass is 9.92. The molecule has 2 aliphatic rings. The van der Waals surface area contributed by atoms with Crippen LogP contribution in [0.1, 0.15) is 38.7 Å². The van der Waals surface area contributed by atoms with Gasteiger partial charge in [0.1, 0.15) is 12.1 Å². The minimum atomic E-state index is -1.36. The van der Waals surface area contributed by atoms with Crippen LogP contribution in [0.3, 0.4) is 0 Å². The Morgan fingerprint density at radius 1 is 1.32 bits per heavy atom. The average Bonchev–Trinajstić information content (AvgIpc) is 3.45. The van der Waals surface area contributed by atoms with Gasteiger partial charge in [-0.25, -0.2) is 4.79 Å². The van der Waals surface area contributed by atoms with Gasteiger partial charge in [0, 0.05) is 25.2 Å². The maximum atomic E-state index is 12.9. The Morgan fingerprint density at radius 2 is 1.96 bits per heavy atom. The molecule has 1 N–H and O–H groups in total. The number of nitrogens with one attached hydrogen (secondary N) is 1. The molecule has 1 aromatic rings. The van der Waals surface area contributed by atoms with Gasteiger partial charge in [-0.1, -0.05) is 6.92 Å². The van der Waals surface area contributed by atoms with Gasteiger partial charge in [-0.05, 0) is 49.8 Å². The highest BCUT2D eigenvalue weighted by Gasteiger charge is 2.49. The fourth-order valence-corrected chi connectivity index (χ4v) is 3.39. The Morgan fingerprint density at radius 3 is 2.50 bits per heavy atom. The maximum Gasteiger partial charge on any atom is 0.325 e. The summed E-state index contributed by atoms with van der Waals surface area (Å²) in [5.74, 6) is -0.267. The number of imide groups is 1. The number of amides is 4. The van der Waals surface area contributed by atoms with Crippen molar-refractivity contribution >= 4 is 23.5 Å². The second-order valence-corrected chi connectivity index (χ2v) is 7.53. The number of carbonyl (C=O) groups excluding carboxylic acids is 3. The van der Waals surface area contributed by atoms with E-state index in [1.807, 2.05) is 6.92 Å². The Bertz CT molecular complexity index is 805. The van der Waals surface area contributed by atoms with Crippen molar-refractivity contribution in [1.29, 1.82) is 0 Å². The van der Waals surface area contributed by atoms with Crippen molar-refractivity contribution in [2.75, 3.05) is 19.6 Å². The third-order valence-electron chi connectivity index (χ3n) is 5.25. The smallest absolute Gasteiger partial charge is 0.325 e. The summed E-state index contributed by atoms with van der Waals surface area (Å²) < 4.78 is 0. The average molecular weight is 388 g/mol. The van der Waals surface area contributed by atoms with Gasteiger partial charge >= 0.3 is 6.03 Å². The van der Waals surface area contributed by atoms with Crippen molar-refractivity contribution in [1.82, 2.24) is 15.1 Å². The Balaban J connectivity index is 1.74. The van der Waals surface area contributed by atoms with Crippen molar-refractivity contribution in [3.8, 4) is 0 Å². The molecule has 0 radical (unpaired) electrons. The molecule has 4 amide bonds. The summed E-state index contributed by atoms with van der Waals surface area (Å²) in [7, 11) is 0. The standard InChI is InChI=1S/C19H24N4O5/c1-3-10-21(11-13-4-5-13)16(24)12-22-17(25)19(2,20-18(22)26)14-6-8-15(9-7-14)23(27)28/h6-9,13H,3-5,10-12H2,1-2H3,(H,20,26)/t19-/m0/s1. The molecule has 1 saturated carbocycles. The van der Waals surface area contributed by atoms with E-state index in [0.717, 1.165) is 24.2 Å². The Kier molecular flexibility index (Phi) is 5.35. The number of hydrogen-bond donors (Lipinski definition) is 1. The van der Waals surface area contributed by atoms with Gasteiger partial charge in [-0.15, -0.1) is 0 Å². The van der Waals surface area contributed by atoms with Crippen molar-refractivity contribution in [2.45, 2.75) is 38.6 Å². The van der Waals surface area contributed by atoms with E-state index in [9.17, 15) is 24.5 Å². The third-order valence-corrected chi connectivity index (χ3v) is 5.25. The van der Waals surface area contributed by atoms with E-state index in [0.29, 0.717) is 24.6 Å². The zero-order valence-electron chi connectivity index (χ0n) is 16.0. The lowest BCUT2D eigenvalue weighted by molar-refractivity contribution is -0.384. The van der Waals surface area contributed by atoms with Crippen LogP contribution in [0, 0.1) is 16.0 Å². The topological polar surface area (TPSA) is 113 Å². The van der Waals surface area contributed by atoms with Crippen molar-refractivity contribution in [3.05, 3.63) is 39.9 Å². The third kappa shape index (κ3) is 3.83. The number of urea groups is 1. The molecule has 1 aliphatic heterocycles. The number of carbonyl (C=O) groups is 3. The minimum absolute atomic E-state index is 0.105. The molecule has 9 heteroatoms. The van der Waals surface area contributed by atoms with Crippen LogP contribution in [0.2, 0.25) is 0 Å². The fraction of sp³-hybridized carbons (Fsp3) is 0.526. The molecule has 0 spiro atoms. The molecule has 1 saturated heterocycles. The maximum absolute atomic E-state index is 12.9. The first-order chi connectivity index (χ1) is 13.3. The van der Waals surface area contributed by atoms with Gasteiger partial charge in [0.15, 0.2) is 0 Å². The van der Waals surface area contributed by atoms with E-state index in [2.05, 4.69) is 5.32 Å². The van der Waals surface area contributed by atoms with Crippen molar-refractivity contribution in [3.63, 3.8) is 0 Å². The Hall–Kier alpha value is -2.97. The van der Waals surface area contributed by atoms with Crippen LogP contribution in [0.25, 0.3) is 0 Å². The van der Waals surface area contributed by atoms with Gasteiger partial charge in [0.05, 0.1) is 4.92 Å². The number of nitro benzene ring substituents is 1. The molecule has 0 aromatic heterocycles. The van der Waals surface area contributed by atoms with Crippen LogP contribution in [-0.4, -0.2) is 52.2 Å². The van der Waals surface area contributed by atoms with Crippen LogP contribution >= 0.6 is 0 Å². The number of benzene rings is 1. The highest BCUT2D eigenvalue weighted by molar-refractivity contribution is 6.09. The van der Waals surface area contributed by atoms with Crippen LogP contribution in [0.5, 0.6) is 0 Å². The molecule has 28 heavy (non-hydrogen) atoms. The minimum Gasteiger partial charge on any atom is -0.341 e. The summed E-state index contributed by atoms with van der Waals surface area (Å²) in [5.41, 5.74) is -1.04. The zero-order valence-corrected chi connectivity index (χ0v) is 16.0. The zero-order chi connectivity index (χ0) is 20.5. The molecule has 2 fully saturated rings. The van der Waals surface area contributed by atoms with Gasteiger partial charge in [0.25, 0.3) is 11.6 Å². The lowest BCUT2D eigenvalue weighted by Crippen LogP contribution is -2.45. The van der Waals surface area contributed by atoms with E-state index in [4.69, 9.17) is 0 Å². The van der Waals surface area contributed by atoms with E-state index >= 15 is 0 Å². The first kappa shape index (κ1) is 19.8. The number of non-ortho nitro benzene ring substituents is 1. The van der Waals surface area contributed by atoms with Crippen LogP contribution in [0.4, 0.5) is 10.5 Å². The van der Waals surface area contributed by atoms with Crippen molar-refractivity contribution < 1.29 is 19.3 Å². The van der Waals surface area contributed by atoms with Crippen molar-refractivity contribution in [2.24, 2.45) is 5.92 Å². The molecule has 1 heterocycles. The second-order valence-electron chi connectivity index (χ2n) is 7.53. The molecule has 9 nitrogen and oxygen atoms in total. The van der Waals surface area contributed by atoms with Crippen LogP contribution < -0.4 is 5.32 Å². The quantitative estimate of drug-likeness (QED) is 0.416. The molecule has 150 valence electrons. The normalized spacial score (nSPS) is 21.6. The van der Waals surface area contributed by atoms with E-state index in [1.165, 1.54) is 31.2 Å². The summed E-state index contributed by atoms with van der Waals surface area (Å²) in [4.78, 5) is 51.0. The summed E-state index contributed by atoms with van der Waals surface area (Å²) in [6, 6.07) is 4.82. The largest absolute Gasteiger partial charge is 0.341 e. The summed E-state index contributed by atoms with van der Waals surface area (Å²) in [5, 5.41) is 13.4. The van der Waals surface area contributed by atoms with Gasteiger partial charge in [-0.2, -0.15) is 0 Å². The fourth-order valence-electron chi connectivity index (χ4n) is 3.39. The molecule has 1 atom stereocenters. The van der Waals surface area contributed by atoms with Crippen LogP contribution in [-0.2, 0) is 15.1 Å². The predicted octanol–water partition coefficient (Wildman–Crippen LogP) is 2.01. The SMILES string of the molecule is CCCN(CC1CC1)C(=O)CN1C(=O)N[C@@](C)(c2ccc([N+](=O)[O-])cc2)C1=O. The summed E-state index contributed by atoms with van der Waals surface area (Å²) in [6.45, 7) is 4.47. The molecular weight excluding hydrogens is 364 g/mol. The summed E-state index contributed by atoms with van der Waals surface area (Å²) in [6.07, 6.45) is 3.02. The first-order valence-electron chi connectivity index (χ1n) is 9.43. The number of hydrogen-bond acceptors (Lipinski definition) is 5. The molecular formula is C19H24N4O5. The van der Waals surface area contributed by atoms with E-state index in [-0.39, 0.29) is 18.1 Å². The van der Waals surface area contributed by atoms with Crippen LogP contribution in [0.15, 0.2) is 24.3 Å². The highest BCUT2D eigenvalue weighted by Crippen LogP contribution is 2.31. The molecule has 0 bridgehead atoms. The van der Waals surface area contributed by atoms with E-state index < -0.39 is 22.4 Å². The monoisotopic (exact) mass is 388 g/mol. The van der Waals surface area contributed by atoms with Gasteiger partial charge in [0.2, 0.25) is 5.91 Å². The van der Waals surface area contributed by atoms with Gasteiger partial charge in [-0.3, -0.25) is 24.6 Å².